The number of rotatable bonds is 8. The number of nitrogens with zero attached hydrogens (tertiary/aromatic N) is 2. The maximum absolute atomic E-state index is 12.9. The highest BCUT2D eigenvalue weighted by molar-refractivity contribution is 6.02. The molecule has 1 aliphatic rings. The molecule has 2 amide bonds. The number of carbonyl (C=O) groups excluding carboxylic acids is 2. The van der Waals surface area contributed by atoms with Crippen LogP contribution in [0.3, 0.4) is 0 Å². The lowest BCUT2D eigenvalue weighted by Crippen LogP contribution is -2.39. The first kappa shape index (κ1) is 21.9. The van der Waals surface area contributed by atoms with Gasteiger partial charge in [0.2, 0.25) is 5.91 Å². The number of amides is 2. The Hall–Kier alpha value is -2.80. The van der Waals surface area contributed by atoms with Crippen molar-refractivity contribution in [3.05, 3.63) is 47.9 Å². The number of hydrogen-bond acceptors (Lipinski definition) is 5. The summed E-state index contributed by atoms with van der Waals surface area (Å²) >= 11 is 0. The molecule has 0 spiro atoms. The van der Waals surface area contributed by atoms with Crippen LogP contribution in [0.1, 0.15) is 42.8 Å². The summed E-state index contributed by atoms with van der Waals surface area (Å²) in [5.74, 6) is -0.0578. The number of carbonyl (C=O) groups is 2. The Morgan fingerprint density at radius 3 is 2.63 bits per heavy atom. The van der Waals surface area contributed by atoms with E-state index < -0.39 is 0 Å². The highest BCUT2D eigenvalue weighted by atomic mass is 16.5. The standard InChI is InChI=1S/C23H31N3O4/c1-16(2)23(28)26(15-19-7-5-11-29-19)14-17-13-18(9-10-20(17)25(3)4)24-22(27)21-8-6-12-30-21/h6,8-10,12-13,16,19H,5,7,11,14-15H2,1-4H3,(H,24,27)/t19-/m1/s1. The van der Waals surface area contributed by atoms with Gasteiger partial charge in [0, 0.05) is 51.1 Å². The van der Waals surface area contributed by atoms with Crippen molar-refractivity contribution in [2.24, 2.45) is 5.92 Å². The van der Waals surface area contributed by atoms with Crippen molar-refractivity contribution in [2.75, 3.05) is 37.5 Å². The molecular weight excluding hydrogens is 382 g/mol. The number of furan rings is 1. The number of nitrogens with one attached hydrogen (secondary N) is 1. The third kappa shape index (κ3) is 5.42. The number of benzene rings is 1. The molecule has 1 atom stereocenters. The first-order chi connectivity index (χ1) is 14.3. The van der Waals surface area contributed by atoms with Crippen LogP contribution in [0, 0.1) is 5.92 Å². The van der Waals surface area contributed by atoms with Gasteiger partial charge in [0.1, 0.15) is 0 Å². The van der Waals surface area contributed by atoms with Crippen molar-refractivity contribution in [3.8, 4) is 0 Å². The average Bonchev–Trinajstić information content (AvgIpc) is 3.41. The summed E-state index contributed by atoms with van der Waals surface area (Å²) in [5.41, 5.74) is 2.62. The number of ether oxygens (including phenoxy) is 1. The Balaban J connectivity index is 1.84. The molecule has 3 rings (SSSR count). The molecule has 1 aromatic heterocycles. The average molecular weight is 414 g/mol. The smallest absolute Gasteiger partial charge is 0.291 e. The topological polar surface area (TPSA) is 75.0 Å². The molecule has 0 saturated carbocycles. The van der Waals surface area contributed by atoms with Crippen LogP contribution >= 0.6 is 0 Å². The third-order valence-corrected chi connectivity index (χ3v) is 5.18. The number of anilines is 2. The molecule has 0 unspecified atom stereocenters. The molecule has 30 heavy (non-hydrogen) atoms. The van der Waals surface area contributed by atoms with E-state index in [1.54, 1.807) is 12.1 Å². The number of hydrogen-bond donors (Lipinski definition) is 1. The van der Waals surface area contributed by atoms with Gasteiger partial charge in [-0.2, -0.15) is 0 Å². The fraction of sp³-hybridized carbons (Fsp3) is 0.478. The van der Waals surface area contributed by atoms with Gasteiger partial charge in [-0.25, -0.2) is 0 Å². The van der Waals surface area contributed by atoms with Gasteiger partial charge in [-0.3, -0.25) is 9.59 Å². The van der Waals surface area contributed by atoms with E-state index in [4.69, 9.17) is 9.15 Å². The largest absolute Gasteiger partial charge is 0.459 e. The van der Waals surface area contributed by atoms with Crippen LogP contribution in [0.5, 0.6) is 0 Å². The van der Waals surface area contributed by atoms with E-state index >= 15 is 0 Å². The van der Waals surface area contributed by atoms with Crippen molar-refractivity contribution in [1.29, 1.82) is 0 Å². The second-order valence-electron chi connectivity index (χ2n) is 8.18. The van der Waals surface area contributed by atoms with E-state index in [1.807, 2.05) is 55.9 Å². The summed E-state index contributed by atoms with van der Waals surface area (Å²) in [6.07, 6.45) is 3.56. The van der Waals surface area contributed by atoms with Crippen LogP contribution in [-0.4, -0.2) is 50.1 Å². The van der Waals surface area contributed by atoms with Gasteiger partial charge in [0.25, 0.3) is 5.91 Å². The van der Waals surface area contributed by atoms with Gasteiger partial charge < -0.3 is 24.3 Å². The maximum atomic E-state index is 12.9. The Morgan fingerprint density at radius 1 is 1.23 bits per heavy atom. The first-order valence-corrected chi connectivity index (χ1v) is 10.4. The van der Waals surface area contributed by atoms with Crippen molar-refractivity contribution in [3.63, 3.8) is 0 Å². The predicted octanol–water partition coefficient (Wildman–Crippen LogP) is 3.76. The molecule has 7 nitrogen and oxygen atoms in total. The minimum absolute atomic E-state index is 0.0809. The minimum atomic E-state index is -0.307. The van der Waals surface area contributed by atoms with E-state index in [2.05, 4.69) is 5.32 Å². The molecule has 0 bridgehead atoms. The van der Waals surface area contributed by atoms with E-state index in [1.165, 1.54) is 6.26 Å². The lowest BCUT2D eigenvalue weighted by Gasteiger charge is -2.29. The Labute approximate surface area is 178 Å². The van der Waals surface area contributed by atoms with Crippen LogP contribution in [0.15, 0.2) is 41.0 Å². The minimum Gasteiger partial charge on any atom is -0.459 e. The molecule has 2 heterocycles. The van der Waals surface area contributed by atoms with Crippen molar-refractivity contribution < 1.29 is 18.7 Å². The van der Waals surface area contributed by atoms with E-state index in [9.17, 15) is 9.59 Å². The van der Waals surface area contributed by atoms with E-state index in [-0.39, 0.29) is 29.6 Å². The second kappa shape index (κ2) is 9.80. The van der Waals surface area contributed by atoms with E-state index in [0.29, 0.717) is 18.8 Å². The summed E-state index contributed by atoms with van der Waals surface area (Å²) in [5, 5.41) is 2.87. The molecule has 0 radical (unpaired) electrons. The van der Waals surface area contributed by atoms with Crippen LogP contribution < -0.4 is 10.2 Å². The van der Waals surface area contributed by atoms with Gasteiger partial charge in [-0.1, -0.05) is 13.8 Å². The zero-order chi connectivity index (χ0) is 21.7. The first-order valence-electron chi connectivity index (χ1n) is 10.4. The summed E-state index contributed by atoms with van der Waals surface area (Å²) in [6.45, 7) is 5.61. The normalized spacial score (nSPS) is 16.0. The molecule has 7 heteroatoms. The fourth-order valence-electron chi connectivity index (χ4n) is 3.66. The highest BCUT2D eigenvalue weighted by Crippen LogP contribution is 2.26. The van der Waals surface area contributed by atoms with Gasteiger partial charge >= 0.3 is 0 Å². The second-order valence-corrected chi connectivity index (χ2v) is 8.18. The van der Waals surface area contributed by atoms with E-state index in [0.717, 1.165) is 30.7 Å². The van der Waals surface area contributed by atoms with Crippen LogP contribution in [0.4, 0.5) is 11.4 Å². The van der Waals surface area contributed by atoms with Crippen LogP contribution in [0.2, 0.25) is 0 Å². The molecular formula is C23H31N3O4. The zero-order valence-corrected chi connectivity index (χ0v) is 18.2. The Morgan fingerprint density at radius 2 is 2.03 bits per heavy atom. The summed E-state index contributed by atoms with van der Waals surface area (Å²) in [7, 11) is 3.93. The maximum Gasteiger partial charge on any atom is 0.291 e. The monoisotopic (exact) mass is 413 g/mol. The van der Waals surface area contributed by atoms with Crippen molar-refractivity contribution >= 4 is 23.2 Å². The van der Waals surface area contributed by atoms with Crippen LogP contribution in [-0.2, 0) is 16.1 Å². The third-order valence-electron chi connectivity index (χ3n) is 5.18. The van der Waals surface area contributed by atoms with Gasteiger partial charge in [-0.05, 0) is 48.7 Å². The summed E-state index contributed by atoms with van der Waals surface area (Å²) < 4.78 is 10.9. The lowest BCUT2D eigenvalue weighted by atomic mass is 10.1. The predicted molar refractivity (Wildman–Crippen MR) is 117 cm³/mol. The molecule has 1 aromatic carbocycles. The zero-order valence-electron chi connectivity index (χ0n) is 18.2. The molecule has 2 aromatic rings. The Kier molecular flexibility index (Phi) is 7.15. The summed E-state index contributed by atoms with van der Waals surface area (Å²) in [4.78, 5) is 29.2. The SMILES string of the molecule is CC(C)C(=O)N(Cc1cc(NC(=O)c2ccco2)ccc1N(C)C)C[C@H]1CCCO1. The van der Waals surface area contributed by atoms with Crippen molar-refractivity contribution in [1.82, 2.24) is 4.90 Å². The van der Waals surface area contributed by atoms with Gasteiger partial charge in [-0.15, -0.1) is 0 Å². The quantitative estimate of drug-likeness (QED) is 0.713. The molecule has 1 saturated heterocycles. The molecule has 0 aliphatic carbocycles. The Bertz CT molecular complexity index is 855. The van der Waals surface area contributed by atoms with Gasteiger partial charge in [0.05, 0.1) is 12.4 Å². The highest BCUT2D eigenvalue weighted by Gasteiger charge is 2.25. The molecule has 162 valence electrons. The van der Waals surface area contributed by atoms with Crippen LogP contribution in [0.25, 0.3) is 0 Å². The van der Waals surface area contributed by atoms with Gasteiger partial charge in [0.15, 0.2) is 5.76 Å². The fourth-order valence-corrected chi connectivity index (χ4v) is 3.66. The molecule has 1 fully saturated rings. The molecule has 1 N–H and O–H groups in total. The molecule has 1 aliphatic heterocycles. The lowest BCUT2D eigenvalue weighted by molar-refractivity contribution is -0.136. The summed E-state index contributed by atoms with van der Waals surface area (Å²) in [6, 6.07) is 9.03. The van der Waals surface area contributed by atoms with Crippen molar-refractivity contribution in [2.45, 2.75) is 39.3 Å².